The van der Waals surface area contributed by atoms with Crippen molar-refractivity contribution in [2.24, 2.45) is 0 Å². The number of nitrogens with one attached hydrogen (secondary N) is 2. The Morgan fingerprint density at radius 3 is 2.37 bits per heavy atom. The van der Waals surface area contributed by atoms with Crippen molar-refractivity contribution < 1.29 is 14.7 Å². The van der Waals surface area contributed by atoms with Gasteiger partial charge in [-0.2, -0.15) is 5.26 Å². The number of rotatable bonds is 7. The van der Waals surface area contributed by atoms with Gasteiger partial charge < -0.3 is 15.7 Å². The Labute approximate surface area is 176 Å². The van der Waals surface area contributed by atoms with Crippen LogP contribution < -0.4 is 10.6 Å². The van der Waals surface area contributed by atoms with Crippen LogP contribution in [0.1, 0.15) is 39.9 Å². The largest absolute Gasteiger partial charge is 0.393 e. The van der Waals surface area contributed by atoms with E-state index in [-0.39, 0.29) is 24.5 Å². The number of nitriles is 1. The number of likely N-dealkylation sites (tertiary alicyclic amines) is 1. The molecule has 2 aromatic rings. The Morgan fingerprint density at radius 2 is 1.70 bits per heavy atom. The van der Waals surface area contributed by atoms with Gasteiger partial charge in [0.1, 0.15) is 0 Å². The quantitative estimate of drug-likeness (QED) is 0.647. The number of nitrogens with zero attached hydrogens (tertiary/aromatic N) is 2. The number of hydrogen-bond acceptors (Lipinski definition) is 5. The summed E-state index contributed by atoms with van der Waals surface area (Å²) in [6.45, 7) is 2.78. The second kappa shape index (κ2) is 10.5. The zero-order chi connectivity index (χ0) is 21.3. The minimum absolute atomic E-state index is 0.120. The van der Waals surface area contributed by atoms with Crippen molar-refractivity contribution in [3.05, 3.63) is 70.8 Å². The molecule has 1 aliphatic rings. The molecular weight excluding hydrogens is 380 g/mol. The third-order valence-corrected chi connectivity index (χ3v) is 5.23. The summed E-state index contributed by atoms with van der Waals surface area (Å²) in [5.41, 5.74) is 3.06. The molecule has 0 unspecified atom stereocenters. The maximum atomic E-state index is 12.2. The molecule has 7 nitrogen and oxygen atoms in total. The number of piperidine rings is 1. The highest BCUT2D eigenvalue weighted by Crippen LogP contribution is 2.16. The van der Waals surface area contributed by atoms with Crippen LogP contribution in [0.5, 0.6) is 0 Å². The lowest BCUT2D eigenvalue weighted by Crippen LogP contribution is -2.37. The zero-order valence-corrected chi connectivity index (χ0v) is 16.8. The Hall–Kier alpha value is -3.21. The highest BCUT2D eigenvalue weighted by molar-refractivity contribution is 5.96. The highest BCUT2D eigenvalue weighted by atomic mass is 16.3. The summed E-state index contributed by atoms with van der Waals surface area (Å²) in [6.07, 6.45) is 1.38. The summed E-state index contributed by atoms with van der Waals surface area (Å²) in [7, 11) is 0. The van der Waals surface area contributed by atoms with Gasteiger partial charge in [-0.25, -0.2) is 0 Å². The van der Waals surface area contributed by atoms with Gasteiger partial charge in [-0.3, -0.25) is 14.5 Å². The first-order valence-electron chi connectivity index (χ1n) is 10.1. The average Bonchev–Trinajstić information content (AvgIpc) is 2.78. The number of aliphatic hydroxyl groups excluding tert-OH is 1. The Balaban J connectivity index is 1.47. The van der Waals surface area contributed by atoms with Gasteiger partial charge in [0, 0.05) is 31.7 Å². The molecule has 3 N–H and O–H groups in total. The van der Waals surface area contributed by atoms with Crippen LogP contribution in [-0.2, 0) is 17.9 Å². The molecule has 2 aromatic carbocycles. The van der Waals surface area contributed by atoms with Crippen LogP contribution >= 0.6 is 0 Å². The first kappa shape index (κ1) is 21.5. The van der Waals surface area contributed by atoms with Gasteiger partial charge in [0.15, 0.2) is 0 Å². The second-order valence-electron chi connectivity index (χ2n) is 7.42. The smallest absolute Gasteiger partial charge is 0.251 e. The normalized spacial score (nSPS) is 14.7. The van der Waals surface area contributed by atoms with E-state index in [2.05, 4.69) is 21.6 Å². The predicted molar refractivity (Wildman–Crippen MR) is 112 cm³/mol. The molecule has 0 aliphatic carbocycles. The summed E-state index contributed by atoms with van der Waals surface area (Å²) in [6, 6.07) is 16.2. The predicted octanol–water partition coefficient (Wildman–Crippen LogP) is 1.56. The molecule has 1 aliphatic heterocycles. The van der Waals surface area contributed by atoms with Crippen LogP contribution in [0.4, 0.5) is 0 Å². The van der Waals surface area contributed by atoms with Crippen LogP contribution in [0.2, 0.25) is 0 Å². The maximum absolute atomic E-state index is 12.2. The maximum Gasteiger partial charge on any atom is 0.251 e. The molecule has 0 bridgehead atoms. The SMILES string of the molecule is N#Cc1ccc(C(=O)NCC(=O)NCc2ccccc2CN2CCC(O)CC2)cc1. The fourth-order valence-corrected chi connectivity index (χ4v) is 3.42. The van der Waals surface area contributed by atoms with E-state index in [0.29, 0.717) is 17.7 Å². The molecule has 7 heteroatoms. The number of benzene rings is 2. The Bertz CT molecular complexity index is 913. The lowest BCUT2D eigenvalue weighted by molar-refractivity contribution is -0.120. The van der Waals surface area contributed by atoms with Gasteiger partial charge in [0.25, 0.3) is 5.91 Å². The molecule has 30 heavy (non-hydrogen) atoms. The van der Waals surface area contributed by atoms with Crippen molar-refractivity contribution in [1.29, 1.82) is 5.26 Å². The molecule has 0 atom stereocenters. The summed E-state index contributed by atoms with van der Waals surface area (Å²) in [4.78, 5) is 26.6. The van der Waals surface area contributed by atoms with Gasteiger partial charge in [0.05, 0.1) is 24.3 Å². The van der Waals surface area contributed by atoms with Crippen LogP contribution in [0.15, 0.2) is 48.5 Å². The molecule has 1 fully saturated rings. The molecule has 2 amide bonds. The monoisotopic (exact) mass is 406 g/mol. The molecule has 1 saturated heterocycles. The number of aliphatic hydroxyl groups is 1. The molecule has 156 valence electrons. The van der Waals surface area contributed by atoms with E-state index < -0.39 is 0 Å². The van der Waals surface area contributed by atoms with E-state index in [1.54, 1.807) is 24.3 Å². The van der Waals surface area contributed by atoms with E-state index in [0.717, 1.165) is 43.6 Å². The van der Waals surface area contributed by atoms with Crippen molar-refractivity contribution in [2.75, 3.05) is 19.6 Å². The molecule has 0 radical (unpaired) electrons. The lowest BCUT2D eigenvalue weighted by Gasteiger charge is -2.30. The van der Waals surface area contributed by atoms with Gasteiger partial charge in [-0.1, -0.05) is 24.3 Å². The van der Waals surface area contributed by atoms with E-state index in [1.165, 1.54) is 0 Å². The minimum Gasteiger partial charge on any atom is -0.393 e. The third kappa shape index (κ3) is 6.14. The number of hydrogen-bond donors (Lipinski definition) is 3. The van der Waals surface area contributed by atoms with E-state index in [4.69, 9.17) is 5.26 Å². The zero-order valence-electron chi connectivity index (χ0n) is 16.8. The molecule has 0 spiro atoms. The van der Waals surface area contributed by atoms with Gasteiger partial charge in [-0.15, -0.1) is 0 Å². The number of carbonyl (C=O) groups excluding carboxylic acids is 2. The summed E-state index contributed by atoms with van der Waals surface area (Å²) >= 11 is 0. The van der Waals surface area contributed by atoms with Crippen molar-refractivity contribution >= 4 is 11.8 Å². The van der Waals surface area contributed by atoms with Crippen molar-refractivity contribution in [3.8, 4) is 6.07 Å². The van der Waals surface area contributed by atoms with Gasteiger partial charge >= 0.3 is 0 Å². The molecule has 1 heterocycles. The van der Waals surface area contributed by atoms with Crippen LogP contribution in [0.3, 0.4) is 0 Å². The van der Waals surface area contributed by atoms with Crippen molar-refractivity contribution in [1.82, 2.24) is 15.5 Å². The fraction of sp³-hybridized carbons (Fsp3) is 0.348. The van der Waals surface area contributed by atoms with Gasteiger partial charge in [-0.05, 0) is 48.2 Å². The number of amides is 2. The van der Waals surface area contributed by atoms with Crippen LogP contribution in [-0.4, -0.2) is 47.6 Å². The van der Waals surface area contributed by atoms with E-state index in [9.17, 15) is 14.7 Å². The summed E-state index contributed by atoms with van der Waals surface area (Å²) in [5, 5.41) is 23.9. The summed E-state index contributed by atoms with van der Waals surface area (Å²) in [5.74, 6) is -0.629. The molecule has 0 aromatic heterocycles. The molecular formula is C23H26N4O3. The highest BCUT2D eigenvalue weighted by Gasteiger charge is 2.18. The van der Waals surface area contributed by atoms with Gasteiger partial charge in [0.2, 0.25) is 5.91 Å². The van der Waals surface area contributed by atoms with E-state index in [1.807, 2.05) is 24.3 Å². The lowest BCUT2D eigenvalue weighted by atomic mass is 10.0. The first-order chi connectivity index (χ1) is 14.5. The minimum atomic E-state index is -0.359. The Kier molecular flexibility index (Phi) is 7.55. The van der Waals surface area contributed by atoms with Crippen LogP contribution in [0, 0.1) is 11.3 Å². The summed E-state index contributed by atoms with van der Waals surface area (Å²) < 4.78 is 0. The topological polar surface area (TPSA) is 105 Å². The van der Waals surface area contributed by atoms with Crippen molar-refractivity contribution in [3.63, 3.8) is 0 Å². The fourth-order valence-electron chi connectivity index (χ4n) is 3.42. The Morgan fingerprint density at radius 1 is 1.03 bits per heavy atom. The average molecular weight is 406 g/mol. The second-order valence-corrected chi connectivity index (χ2v) is 7.42. The van der Waals surface area contributed by atoms with E-state index >= 15 is 0 Å². The van der Waals surface area contributed by atoms with Crippen molar-refractivity contribution in [2.45, 2.75) is 32.0 Å². The molecule has 3 rings (SSSR count). The standard InChI is InChI=1S/C23H26N4O3/c24-13-17-5-7-18(8-6-17)23(30)26-15-22(29)25-14-19-3-1-2-4-20(19)16-27-11-9-21(28)10-12-27/h1-8,21,28H,9-12,14-16H2,(H,25,29)(H,26,30). The first-order valence-corrected chi connectivity index (χ1v) is 10.1. The van der Waals surface area contributed by atoms with Crippen LogP contribution in [0.25, 0.3) is 0 Å². The number of carbonyl (C=O) groups is 2. The third-order valence-electron chi connectivity index (χ3n) is 5.23. The molecule has 0 saturated carbocycles.